The van der Waals surface area contributed by atoms with E-state index in [2.05, 4.69) is 4.72 Å². The maximum Gasteiger partial charge on any atom is 0.261 e. The van der Waals surface area contributed by atoms with Gasteiger partial charge in [0.2, 0.25) is 5.91 Å². The molecule has 3 aromatic rings. The zero-order valence-corrected chi connectivity index (χ0v) is 18.3. The highest BCUT2D eigenvalue weighted by Gasteiger charge is 2.21. The van der Waals surface area contributed by atoms with E-state index in [1.807, 2.05) is 30.3 Å². The number of anilines is 1. The van der Waals surface area contributed by atoms with Crippen molar-refractivity contribution < 1.29 is 22.7 Å². The molecule has 1 fully saturated rings. The fourth-order valence-corrected chi connectivity index (χ4v) is 5.11. The maximum absolute atomic E-state index is 12.8. The molecule has 7 nitrogen and oxygen atoms in total. The molecule has 1 N–H and O–H groups in total. The molecule has 1 aliphatic heterocycles. The Bertz CT molecular complexity index is 1120. The van der Waals surface area contributed by atoms with E-state index in [9.17, 15) is 13.2 Å². The third kappa shape index (κ3) is 5.43. The fourth-order valence-electron chi connectivity index (χ4n) is 3.15. The summed E-state index contributed by atoms with van der Waals surface area (Å²) in [4.78, 5) is 14.4. The molecule has 1 amide bonds. The van der Waals surface area contributed by atoms with E-state index in [4.69, 9.17) is 9.47 Å². The fraction of sp³-hybridized carbons (Fsp3) is 0.227. The lowest BCUT2D eigenvalue weighted by Crippen LogP contribution is -2.41. The van der Waals surface area contributed by atoms with Gasteiger partial charge in [0, 0.05) is 18.5 Å². The molecule has 2 heterocycles. The summed E-state index contributed by atoms with van der Waals surface area (Å²) >= 11 is 1.35. The highest BCUT2D eigenvalue weighted by Crippen LogP contribution is 2.27. The molecule has 0 radical (unpaired) electrons. The van der Waals surface area contributed by atoms with Crippen molar-refractivity contribution in [2.75, 3.05) is 31.0 Å². The van der Waals surface area contributed by atoms with Gasteiger partial charge in [-0.15, -0.1) is 11.3 Å². The number of nitrogens with zero attached hydrogens (tertiary/aromatic N) is 1. The number of amides is 1. The number of hydrogen-bond acceptors (Lipinski definition) is 6. The molecule has 31 heavy (non-hydrogen) atoms. The number of nitrogens with one attached hydrogen (secondary N) is 1. The Morgan fingerprint density at radius 2 is 1.68 bits per heavy atom. The second-order valence-electron chi connectivity index (χ2n) is 6.97. The van der Waals surface area contributed by atoms with Crippen LogP contribution >= 0.6 is 11.3 Å². The summed E-state index contributed by atoms with van der Waals surface area (Å²) in [7, 11) is -3.80. The molecule has 2 aromatic carbocycles. The molecule has 0 bridgehead atoms. The zero-order chi connectivity index (χ0) is 21.7. The second-order valence-corrected chi connectivity index (χ2v) is 9.40. The number of carbonyl (C=O) groups excluding carboxylic acids is 1. The first kappa shape index (κ1) is 21.4. The first-order valence-electron chi connectivity index (χ1n) is 9.78. The Balaban J connectivity index is 1.43. The van der Waals surface area contributed by atoms with Crippen LogP contribution in [0.2, 0.25) is 0 Å². The average Bonchev–Trinajstić information content (AvgIpc) is 3.21. The van der Waals surface area contributed by atoms with Crippen molar-refractivity contribution in [3.63, 3.8) is 0 Å². The van der Waals surface area contributed by atoms with Crippen LogP contribution in [0.15, 0.2) is 70.3 Å². The monoisotopic (exact) mass is 458 g/mol. The number of ether oxygens (including phenoxy) is 2. The number of rotatable bonds is 7. The van der Waals surface area contributed by atoms with Crippen LogP contribution in [0.1, 0.15) is 5.56 Å². The summed E-state index contributed by atoms with van der Waals surface area (Å²) < 4.78 is 39.3. The van der Waals surface area contributed by atoms with Crippen molar-refractivity contribution in [1.82, 2.24) is 4.90 Å². The SMILES string of the molecule is O=C(Cc1cscc1NS(=O)(=O)c1ccc(Oc2ccccc2)cc1)N1CCOCC1. The molecule has 0 saturated carbocycles. The molecule has 1 saturated heterocycles. The molecule has 162 valence electrons. The molecular weight excluding hydrogens is 436 g/mol. The third-order valence-corrected chi connectivity index (χ3v) is 6.98. The van der Waals surface area contributed by atoms with Crippen LogP contribution in [-0.2, 0) is 26.0 Å². The average molecular weight is 459 g/mol. The maximum atomic E-state index is 12.8. The first-order chi connectivity index (χ1) is 15.0. The zero-order valence-electron chi connectivity index (χ0n) is 16.7. The van der Waals surface area contributed by atoms with Crippen molar-refractivity contribution in [3.05, 3.63) is 70.9 Å². The highest BCUT2D eigenvalue weighted by molar-refractivity contribution is 7.92. The van der Waals surface area contributed by atoms with Crippen LogP contribution in [0.5, 0.6) is 11.5 Å². The molecule has 0 aliphatic carbocycles. The minimum Gasteiger partial charge on any atom is -0.457 e. The summed E-state index contributed by atoms with van der Waals surface area (Å²) in [5.74, 6) is 1.17. The van der Waals surface area contributed by atoms with Crippen molar-refractivity contribution in [2.24, 2.45) is 0 Å². The lowest BCUT2D eigenvalue weighted by molar-refractivity contribution is -0.134. The number of thiophene rings is 1. The van der Waals surface area contributed by atoms with Crippen molar-refractivity contribution in [3.8, 4) is 11.5 Å². The van der Waals surface area contributed by atoms with Crippen LogP contribution in [0.25, 0.3) is 0 Å². The van der Waals surface area contributed by atoms with Gasteiger partial charge in [0.1, 0.15) is 11.5 Å². The number of carbonyl (C=O) groups is 1. The highest BCUT2D eigenvalue weighted by atomic mass is 32.2. The van der Waals surface area contributed by atoms with Gasteiger partial charge in [-0.25, -0.2) is 8.42 Å². The Hall–Kier alpha value is -2.88. The van der Waals surface area contributed by atoms with E-state index in [0.717, 1.165) is 0 Å². The molecule has 0 atom stereocenters. The lowest BCUT2D eigenvalue weighted by atomic mass is 10.2. The van der Waals surface area contributed by atoms with Gasteiger partial charge >= 0.3 is 0 Å². The number of para-hydroxylation sites is 1. The van der Waals surface area contributed by atoms with E-state index in [-0.39, 0.29) is 17.2 Å². The van der Waals surface area contributed by atoms with Crippen molar-refractivity contribution in [2.45, 2.75) is 11.3 Å². The van der Waals surface area contributed by atoms with E-state index < -0.39 is 10.0 Å². The summed E-state index contributed by atoms with van der Waals surface area (Å²) in [6, 6.07) is 15.5. The van der Waals surface area contributed by atoms with Gasteiger partial charge in [0.25, 0.3) is 10.0 Å². The van der Waals surface area contributed by atoms with Gasteiger partial charge in [0.05, 0.1) is 30.2 Å². The minimum absolute atomic E-state index is 0.0374. The smallest absolute Gasteiger partial charge is 0.261 e. The van der Waals surface area contributed by atoms with Gasteiger partial charge < -0.3 is 14.4 Å². The van der Waals surface area contributed by atoms with E-state index in [1.54, 1.807) is 27.8 Å². The van der Waals surface area contributed by atoms with Crippen molar-refractivity contribution in [1.29, 1.82) is 0 Å². The normalized spacial score (nSPS) is 14.3. The van der Waals surface area contributed by atoms with Crippen LogP contribution in [0, 0.1) is 0 Å². The molecule has 9 heteroatoms. The number of morpholine rings is 1. The van der Waals surface area contributed by atoms with Crippen LogP contribution in [0.3, 0.4) is 0 Å². The van der Waals surface area contributed by atoms with Crippen LogP contribution < -0.4 is 9.46 Å². The van der Waals surface area contributed by atoms with Gasteiger partial charge in [-0.3, -0.25) is 9.52 Å². The standard InChI is InChI=1S/C22H22N2O5S2/c25-22(24-10-12-28-13-11-24)14-17-15-30-16-21(17)23-31(26,27)20-8-6-19(7-9-20)29-18-4-2-1-3-5-18/h1-9,15-16,23H,10-14H2. The number of sulfonamides is 1. The summed E-state index contributed by atoms with van der Waals surface area (Å²) in [5, 5.41) is 3.50. The Labute approximate surface area is 185 Å². The van der Waals surface area contributed by atoms with Gasteiger partial charge in [0.15, 0.2) is 0 Å². The van der Waals surface area contributed by atoms with Crippen LogP contribution in [-0.4, -0.2) is 45.5 Å². The predicted molar refractivity (Wildman–Crippen MR) is 119 cm³/mol. The molecular formula is C22H22N2O5S2. The quantitative estimate of drug-likeness (QED) is 0.583. The molecule has 4 rings (SSSR count). The largest absolute Gasteiger partial charge is 0.457 e. The van der Waals surface area contributed by atoms with Gasteiger partial charge in [-0.2, -0.15) is 0 Å². The van der Waals surface area contributed by atoms with E-state index >= 15 is 0 Å². The summed E-state index contributed by atoms with van der Waals surface area (Å²) in [6.45, 7) is 2.17. The Morgan fingerprint density at radius 3 is 2.39 bits per heavy atom. The van der Waals surface area contributed by atoms with Gasteiger partial charge in [-0.05, 0) is 47.3 Å². The van der Waals surface area contributed by atoms with Gasteiger partial charge in [-0.1, -0.05) is 18.2 Å². The Kier molecular flexibility index (Phi) is 6.55. The lowest BCUT2D eigenvalue weighted by Gasteiger charge is -2.26. The summed E-state index contributed by atoms with van der Waals surface area (Å²) in [6.07, 6.45) is 0.144. The number of hydrogen-bond donors (Lipinski definition) is 1. The predicted octanol–water partition coefficient (Wildman–Crippen LogP) is 3.74. The molecule has 1 aromatic heterocycles. The number of benzene rings is 2. The summed E-state index contributed by atoms with van der Waals surface area (Å²) in [5.41, 5.74) is 1.09. The molecule has 0 spiro atoms. The van der Waals surface area contributed by atoms with Crippen LogP contribution in [0.4, 0.5) is 5.69 Å². The topological polar surface area (TPSA) is 84.9 Å². The van der Waals surface area contributed by atoms with E-state index in [1.165, 1.54) is 23.5 Å². The second kappa shape index (κ2) is 9.51. The molecule has 1 aliphatic rings. The first-order valence-corrected chi connectivity index (χ1v) is 12.2. The van der Waals surface area contributed by atoms with E-state index in [0.29, 0.717) is 49.1 Å². The van der Waals surface area contributed by atoms with Crippen molar-refractivity contribution >= 4 is 33.0 Å². The third-order valence-electron chi connectivity index (χ3n) is 4.80. The molecule has 0 unspecified atom stereocenters. The minimum atomic E-state index is -3.80. The Morgan fingerprint density at radius 1 is 1.00 bits per heavy atom.